The maximum atomic E-state index is 12.8. The van der Waals surface area contributed by atoms with E-state index in [1.54, 1.807) is 0 Å². The summed E-state index contributed by atoms with van der Waals surface area (Å²) in [4.78, 5) is 25.8. The lowest BCUT2D eigenvalue weighted by Gasteiger charge is -2.18. The van der Waals surface area contributed by atoms with Crippen LogP contribution in [0.2, 0.25) is 0 Å². The van der Waals surface area contributed by atoms with Crippen LogP contribution in [0.3, 0.4) is 0 Å². The average Bonchev–Trinajstić information content (AvgIpc) is 2.80. The molecule has 0 atom stereocenters. The quantitative estimate of drug-likeness (QED) is 0.782. The van der Waals surface area contributed by atoms with Gasteiger partial charge in [0.1, 0.15) is 5.82 Å². The SMILES string of the molecule is O=C(CN1CCCCCC1)NCCNC(=O)c1ccc(F)cc1. The van der Waals surface area contributed by atoms with Crippen molar-refractivity contribution in [2.75, 3.05) is 32.7 Å². The first-order valence-corrected chi connectivity index (χ1v) is 8.18. The van der Waals surface area contributed by atoms with Crippen LogP contribution in [0.25, 0.3) is 0 Å². The molecule has 1 heterocycles. The first kappa shape index (κ1) is 17.4. The second-order valence-electron chi connectivity index (χ2n) is 5.80. The number of hydrogen-bond acceptors (Lipinski definition) is 3. The molecule has 0 aromatic heterocycles. The van der Waals surface area contributed by atoms with Crippen LogP contribution in [0.15, 0.2) is 24.3 Å². The van der Waals surface area contributed by atoms with Gasteiger partial charge in [0.05, 0.1) is 6.54 Å². The minimum Gasteiger partial charge on any atom is -0.353 e. The molecule has 0 saturated carbocycles. The standard InChI is InChI=1S/C17H24FN3O2/c18-15-7-5-14(6-8-15)17(23)20-10-9-19-16(22)13-21-11-3-1-2-4-12-21/h5-8H,1-4,9-13H2,(H,19,22)(H,20,23). The van der Waals surface area contributed by atoms with Gasteiger partial charge in [-0.05, 0) is 50.2 Å². The average molecular weight is 321 g/mol. The molecule has 0 radical (unpaired) electrons. The number of nitrogens with zero attached hydrogens (tertiary/aromatic N) is 1. The van der Waals surface area contributed by atoms with Crippen LogP contribution < -0.4 is 10.6 Å². The van der Waals surface area contributed by atoms with Gasteiger partial charge in [0, 0.05) is 18.7 Å². The predicted octanol–water partition coefficient (Wildman–Crippen LogP) is 1.55. The van der Waals surface area contributed by atoms with Gasteiger partial charge in [0.25, 0.3) is 5.91 Å². The van der Waals surface area contributed by atoms with Crippen LogP contribution in [-0.4, -0.2) is 49.4 Å². The minimum absolute atomic E-state index is 0.0112. The van der Waals surface area contributed by atoms with Crippen LogP contribution in [0, 0.1) is 5.82 Å². The number of rotatable bonds is 6. The van der Waals surface area contributed by atoms with Gasteiger partial charge in [0.2, 0.25) is 5.91 Å². The van der Waals surface area contributed by atoms with E-state index in [9.17, 15) is 14.0 Å². The number of amides is 2. The summed E-state index contributed by atoms with van der Waals surface area (Å²) in [6, 6.07) is 5.36. The summed E-state index contributed by atoms with van der Waals surface area (Å²) in [5, 5.41) is 5.51. The van der Waals surface area contributed by atoms with Crippen molar-refractivity contribution in [1.82, 2.24) is 15.5 Å². The maximum Gasteiger partial charge on any atom is 0.251 e. The Morgan fingerprint density at radius 3 is 2.22 bits per heavy atom. The number of halogens is 1. The summed E-state index contributed by atoms with van der Waals surface area (Å²) >= 11 is 0. The number of hydrogen-bond donors (Lipinski definition) is 2. The Bertz CT molecular complexity index is 511. The maximum absolute atomic E-state index is 12.8. The summed E-state index contributed by atoms with van der Waals surface area (Å²) in [6.07, 6.45) is 4.79. The van der Waals surface area contributed by atoms with E-state index in [-0.39, 0.29) is 17.6 Å². The van der Waals surface area contributed by atoms with Gasteiger partial charge in [0.15, 0.2) is 0 Å². The van der Waals surface area contributed by atoms with Crippen molar-refractivity contribution >= 4 is 11.8 Å². The third-order valence-corrected chi connectivity index (χ3v) is 3.91. The predicted molar refractivity (Wildman–Crippen MR) is 86.7 cm³/mol. The van der Waals surface area contributed by atoms with E-state index in [0.29, 0.717) is 25.2 Å². The number of carbonyl (C=O) groups excluding carboxylic acids is 2. The fourth-order valence-corrected chi connectivity index (χ4v) is 2.63. The fourth-order valence-electron chi connectivity index (χ4n) is 2.63. The largest absolute Gasteiger partial charge is 0.353 e. The first-order valence-electron chi connectivity index (χ1n) is 8.18. The number of likely N-dealkylation sites (tertiary alicyclic amines) is 1. The Morgan fingerprint density at radius 1 is 0.957 bits per heavy atom. The molecule has 1 aromatic rings. The van der Waals surface area contributed by atoms with Crippen molar-refractivity contribution in [2.24, 2.45) is 0 Å². The summed E-state index contributed by atoms with van der Waals surface area (Å²) in [7, 11) is 0. The zero-order valence-corrected chi connectivity index (χ0v) is 13.3. The molecule has 126 valence electrons. The van der Waals surface area contributed by atoms with Gasteiger partial charge in [-0.3, -0.25) is 14.5 Å². The van der Waals surface area contributed by atoms with Crippen LogP contribution in [-0.2, 0) is 4.79 Å². The lowest BCUT2D eigenvalue weighted by atomic mass is 10.2. The molecule has 1 aliphatic rings. The Morgan fingerprint density at radius 2 is 1.57 bits per heavy atom. The Hall–Kier alpha value is -1.95. The third-order valence-electron chi connectivity index (χ3n) is 3.91. The van der Waals surface area contributed by atoms with Crippen LogP contribution in [0.5, 0.6) is 0 Å². The van der Waals surface area contributed by atoms with Crippen molar-refractivity contribution in [3.05, 3.63) is 35.6 Å². The highest BCUT2D eigenvalue weighted by Gasteiger charge is 2.12. The van der Waals surface area contributed by atoms with Gasteiger partial charge >= 0.3 is 0 Å². The van der Waals surface area contributed by atoms with Gasteiger partial charge in [-0.1, -0.05) is 12.8 Å². The van der Waals surface area contributed by atoms with E-state index in [0.717, 1.165) is 25.9 Å². The molecule has 0 bridgehead atoms. The molecule has 0 aliphatic carbocycles. The summed E-state index contributed by atoms with van der Waals surface area (Å²) in [5.74, 6) is -0.656. The fraction of sp³-hybridized carbons (Fsp3) is 0.529. The van der Waals surface area contributed by atoms with Crippen LogP contribution >= 0.6 is 0 Å². The molecule has 2 N–H and O–H groups in total. The topological polar surface area (TPSA) is 61.4 Å². The molecule has 1 saturated heterocycles. The second kappa shape index (κ2) is 9.25. The highest BCUT2D eigenvalue weighted by Crippen LogP contribution is 2.08. The Balaban J connectivity index is 1.61. The van der Waals surface area contributed by atoms with E-state index in [2.05, 4.69) is 15.5 Å². The number of benzene rings is 1. The molecule has 5 nitrogen and oxygen atoms in total. The zero-order valence-electron chi connectivity index (χ0n) is 13.3. The normalized spacial score (nSPS) is 15.7. The zero-order chi connectivity index (χ0) is 16.5. The monoisotopic (exact) mass is 321 g/mol. The molecule has 1 aromatic carbocycles. The van der Waals surface area contributed by atoms with Gasteiger partial charge in [-0.25, -0.2) is 4.39 Å². The molecule has 1 aliphatic heterocycles. The molecular formula is C17H24FN3O2. The summed E-state index contributed by atoms with van der Waals surface area (Å²) in [6.45, 7) is 3.12. The van der Waals surface area contributed by atoms with Crippen LogP contribution in [0.4, 0.5) is 4.39 Å². The van der Waals surface area contributed by atoms with Gasteiger partial charge in [-0.15, -0.1) is 0 Å². The van der Waals surface area contributed by atoms with Gasteiger partial charge < -0.3 is 10.6 Å². The molecule has 0 spiro atoms. The molecule has 23 heavy (non-hydrogen) atoms. The number of nitrogens with one attached hydrogen (secondary N) is 2. The highest BCUT2D eigenvalue weighted by molar-refractivity contribution is 5.94. The van der Waals surface area contributed by atoms with Crippen molar-refractivity contribution < 1.29 is 14.0 Å². The smallest absolute Gasteiger partial charge is 0.251 e. The van der Waals surface area contributed by atoms with E-state index in [4.69, 9.17) is 0 Å². The Kier molecular flexibility index (Phi) is 7.00. The van der Waals surface area contributed by atoms with E-state index >= 15 is 0 Å². The van der Waals surface area contributed by atoms with E-state index in [1.165, 1.54) is 37.1 Å². The van der Waals surface area contributed by atoms with Crippen molar-refractivity contribution in [3.63, 3.8) is 0 Å². The Labute approximate surface area is 136 Å². The van der Waals surface area contributed by atoms with E-state index in [1.807, 2.05) is 0 Å². The summed E-state index contributed by atoms with van der Waals surface area (Å²) < 4.78 is 12.8. The number of carbonyl (C=O) groups is 2. The minimum atomic E-state index is -0.373. The van der Waals surface area contributed by atoms with Gasteiger partial charge in [-0.2, -0.15) is 0 Å². The second-order valence-corrected chi connectivity index (χ2v) is 5.80. The lowest BCUT2D eigenvalue weighted by Crippen LogP contribution is -2.40. The molecule has 0 unspecified atom stereocenters. The highest BCUT2D eigenvalue weighted by atomic mass is 19.1. The van der Waals surface area contributed by atoms with Crippen LogP contribution in [0.1, 0.15) is 36.0 Å². The first-order chi connectivity index (χ1) is 11.1. The van der Waals surface area contributed by atoms with Crippen molar-refractivity contribution in [2.45, 2.75) is 25.7 Å². The molecule has 6 heteroatoms. The molecule has 2 amide bonds. The van der Waals surface area contributed by atoms with Crippen molar-refractivity contribution in [3.8, 4) is 0 Å². The molecule has 2 rings (SSSR count). The summed E-state index contributed by atoms with van der Waals surface area (Å²) in [5.41, 5.74) is 0.405. The third kappa shape index (κ3) is 6.36. The lowest BCUT2D eigenvalue weighted by molar-refractivity contribution is -0.122. The molecular weight excluding hydrogens is 297 g/mol. The molecule has 1 fully saturated rings. The van der Waals surface area contributed by atoms with Crippen molar-refractivity contribution in [1.29, 1.82) is 0 Å². The van der Waals surface area contributed by atoms with E-state index < -0.39 is 0 Å².